The molecule has 2 nitrogen and oxygen atoms in total. The lowest BCUT2D eigenvalue weighted by Crippen LogP contribution is -2.52. The molecule has 0 amide bonds. The Morgan fingerprint density at radius 2 is 2.15 bits per heavy atom. The molecule has 0 saturated heterocycles. The van der Waals surface area contributed by atoms with Gasteiger partial charge in [-0.1, -0.05) is 13.8 Å². The van der Waals surface area contributed by atoms with Gasteiger partial charge >= 0.3 is 0 Å². The molecule has 3 N–H and O–H groups in total. The summed E-state index contributed by atoms with van der Waals surface area (Å²) in [5, 5.41) is 3.70. The molecule has 0 radical (unpaired) electrons. The van der Waals surface area contributed by atoms with Gasteiger partial charge in [0.25, 0.3) is 0 Å². The van der Waals surface area contributed by atoms with Gasteiger partial charge in [0.2, 0.25) is 0 Å². The topological polar surface area (TPSA) is 38.0 Å². The van der Waals surface area contributed by atoms with Crippen LogP contribution in [0.1, 0.15) is 46.5 Å². The molecule has 1 rings (SSSR count). The summed E-state index contributed by atoms with van der Waals surface area (Å²) >= 11 is 0. The molecule has 13 heavy (non-hydrogen) atoms. The van der Waals surface area contributed by atoms with Crippen molar-refractivity contribution in [1.82, 2.24) is 5.32 Å². The van der Waals surface area contributed by atoms with Gasteiger partial charge in [0.15, 0.2) is 0 Å². The second-order valence-electron chi connectivity index (χ2n) is 4.88. The van der Waals surface area contributed by atoms with Gasteiger partial charge in [-0.25, -0.2) is 0 Å². The zero-order chi connectivity index (χ0) is 9.90. The summed E-state index contributed by atoms with van der Waals surface area (Å²) in [5.41, 5.74) is 5.93. The molecule has 0 aromatic heterocycles. The molecule has 0 heterocycles. The van der Waals surface area contributed by atoms with E-state index in [1.54, 1.807) is 0 Å². The molecule has 0 bridgehead atoms. The van der Waals surface area contributed by atoms with Crippen LogP contribution in [0, 0.1) is 5.92 Å². The maximum absolute atomic E-state index is 5.77. The van der Waals surface area contributed by atoms with Crippen molar-refractivity contribution >= 4 is 0 Å². The Labute approximate surface area is 82.3 Å². The van der Waals surface area contributed by atoms with E-state index in [9.17, 15) is 0 Å². The van der Waals surface area contributed by atoms with E-state index in [-0.39, 0.29) is 5.54 Å². The summed E-state index contributed by atoms with van der Waals surface area (Å²) in [4.78, 5) is 0. The van der Waals surface area contributed by atoms with Crippen LogP contribution in [-0.2, 0) is 0 Å². The third kappa shape index (κ3) is 2.96. The lowest BCUT2D eigenvalue weighted by atomic mass is 9.97. The normalized spacial score (nSPS) is 33.2. The summed E-state index contributed by atoms with van der Waals surface area (Å²) in [7, 11) is 0. The standard InChI is InChI=1S/C11H24N2/c1-4-11(3,8-12)13-10-6-5-9(2)7-10/h9-10,13H,4-8,12H2,1-3H3. The van der Waals surface area contributed by atoms with Gasteiger partial charge in [0.05, 0.1) is 0 Å². The highest BCUT2D eigenvalue weighted by Gasteiger charge is 2.28. The molecule has 3 unspecified atom stereocenters. The van der Waals surface area contributed by atoms with Crippen LogP contribution in [0.3, 0.4) is 0 Å². The van der Waals surface area contributed by atoms with E-state index in [4.69, 9.17) is 5.73 Å². The highest BCUT2D eigenvalue weighted by molar-refractivity contribution is 4.89. The van der Waals surface area contributed by atoms with Crippen LogP contribution < -0.4 is 11.1 Å². The molecule has 78 valence electrons. The molecular weight excluding hydrogens is 160 g/mol. The monoisotopic (exact) mass is 184 g/mol. The van der Waals surface area contributed by atoms with Crippen LogP contribution >= 0.6 is 0 Å². The van der Waals surface area contributed by atoms with Crippen LogP contribution in [0.4, 0.5) is 0 Å². The first-order valence-electron chi connectivity index (χ1n) is 5.57. The van der Waals surface area contributed by atoms with E-state index < -0.39 is 0 Å². The van der Waals surface area contributed by atoms with Crippen molar-refractivity contribution in [3.63, 3.8) is 0 Å². The van der Waals surface area contributed by atoms with Crippen molar-refractivity contribution in [2.45, 2.75) is 58.0 Å². The molecule has 1 fully saturated rings. The van der Waals surface area contributed by atoms with Crippen LogP contribution in [0.2, 0.25) is 0 Å². The van der Waals surface area contributed by atoms with Gasteiger partial charge in [0, 0.05) is 18.1 Å². The van der Waals surface area contributed by atoms with Gasteiger partial charge in [0.1, 0.15) is 0 Å². The fourth-order valence-corrected chi connectivity index (χ4v) is 2.14. The molecule has 2 heteroatoms. The Bertz CT molecular complexity index is 152. The van der Waals surface area contributed by atoms with E-state index in [0.29, 0.717) is 6.04 Å². The van der Waals surface area contributed by atoms with Crippen LogP contribution in [-0.4, -0.2) is 18.1 Å². The number of nitrogens with one attached hydrogen (secondary N) is 1. The first-order valence-corrected chi connectivity index (χ1v) is 5.57. The Kier molecular flexibility index (Phi) is 3.74. The average Bonchev–Trinajstić information content (AvgIpc) is 2.51. The van der Waals surface area contributed by atoms with E-state index in [1.165, 1.54) is 19.3 Å². The van der Waals surface area contributed by atoms with Gasteiger partial charge in [-0.3, -0.25) is 0 Å². The predicted octanol–water partition coefficient (Wildman–Crippen LogP) is 1.89. The minimum absolute atomic E-state index is 0.161. The number of hydrogen-bond acceptors (Lipinski definition) is 2. The second kappa shape index (κ2) is 4.43. The lowest BCUT2D eigenvalue weighted by molar-refractivity contribution is 0.303. The molecule has 1 saturated carbocycles. The van der Waals surface area contributed by atoms with E-state index in [1.807, 2.05) is 0 Å². The highest BCUT2D eigenvalue weighted by Crippen LogP contribution is 2.26. The Balaban J connectivity index is 2.38. The van der Waals surface area contributed by atoms with Crippen LogP contribution in [0.5, 0.6) is 0 Å². The summed E-state index contributed by atoms with van der Waals surface area (Å²) in [5.74, 6) is 0.899. The average molecular weight is 184 g/mol. The molecule has 0 aromatic carbocycles. The summed E-state index contributed by atoms with van der Waals surface area (Å²) < 4.78 is 0. The Morgan fingerprint density at radius 3 is 2.54 bits per heavy atom. The second-order valence-corrected chi connectivity index (χ2v) is 4.88. The van der Waals surface area contributed by atoms with E-state index in [0.717, 1.165) is 18.9 Å². The molecule has 0 spiro atoms. The van der Waals surface area contributed by atoms with Crippen LogP contribution in [0.15, 0.2) is 0 Å². The molecule has 3 atom stereocenters. The van der Waals surface area contributed by atoms with Crippen molar-refractivity contribution in [2.24, 2.45) is 11.7 Å². The minimum Gasteiger partial charge on any atom is -0.329 e. The zero-order valence-corrected chi connectivity index (χ0v) is 9.27. The number of nitrogens with two attached hydrogens (primary N) is 1. The first kappa shape index (κ1) is 11.0. The van der Waals surface area contributed by atoms with Crippen molar-refractivity contribution in [3.8, 4) is 0 Å². The Hall–Kier alpha value is -0.0800. The van der Waals surface area contributed by atoms with Crippen molar-refractivity contribution < 1.29 is 0 Å². The smallest absolute Gasteiger partial charge is 0.0275 e. The molecule has 1 aliphatic carbocycles. The fraction of sp³-hybridized carbons (Fsp3) is 1.00. The fourth-order valence-electron chi connectivity index (χ4n) is 2.14. The Morgan fingerprint density at radius 1 is 1.46 bits per heavy atom. The number of rotatable bonds is 4. The van der Waals surface area contributed by atoms with Gasteiger partial charge in [-0.15, -0.1) is 0 Å². The maximum atomic E-state index is 5.77. The molecular formula is C11H24N2. The summed E-state index contributed by atoms with van der Waals surface area (Å²) in [6, 6.07) is 0.712. The summed E-state index contributed by atoms with van der Waals surface area (Å²) in [6.45, 7) is 7.52. The highest BCUT2D eigenvalue weighted by atomic mass is 15.0. The quantitative estimate of drug-likeness (QED) is 0.700. The zero-order valence-electron chi connectivity index (χ0n) is 9.27. The van der Waals surface area contributed by atoms with Crippen molar-refractivity contribution in [2.75, 3.05) is 6.54 Å². The van der Waals surface area contributed by atoms with Crippen molar-refractivity contribution in [1.29, 1.82) is 0 Å². The molecule has 0 aliphatic heterocycles. The number of hydrogen-bond donors (Lipinski definition) is 2. The third-order valence-corrected chi connectivity index (χ3v) is 3.48. The first-order chi connectivity index (χ1) is 6.09. The van der Waals surface area contributed by atoms with E-state index >= 15 is 0 Å². The van der Waals surface area contributed by atoms with E-state index in [2.05, 4.69) is 26.1 Å². The van der Waals surface area contributed by atoms with Gasteiger partial charge < -0.3 is 11.1 Å². The molecule has 0 aromatic rings. The largest absolute Gasteiger partial charge is 0.329 e. The van der Waals surface area contributed by atoms with Crippen molar-refractivity contribution in [3.05, 3.63) is 0 Å². The maximum Gasteiger partial charge on any atom is 0.0275 e. The predicted molar refractivity (Wildman–Crippen MR) is 57.7 cm³/mol. The molecule has 1 aliphatic rings. The summed E-state index contributed by atoms with van der Waals surface area (Å²) in [6.07, 6.45) is 5.16. The van der Waals surface area contributed by atoms with Crippen LogP contribution in [0.25, 0.3) is 0 Å². The van der Waals surface area contributed by atoms with Gasteiger partial charge in [-0.2, -0.15) is 0 Å². The minimum atomic E-state index is 0.161. The lowest BCUT2D eigenvalue weighted by Gasteiger charge is -2.31. The van der Waals surface area contributed by atoms with Gasteiger partial charge in [-0.05, 0) is 38.5 Å². The SMILES string of the molecule is CCC(C)(CN)NC1CCC(C)C1. The third-order valence-electron chi connectivity index (χ3n) is 3.48.